The Balaban J connectivity index is 1.99. The highest BCUT2D eigenvalue weighted by atomic mass is 35.5. The fourth-order valence-corrected chi connectivity index (χ4v) is 1.86. The third-order valence-corrected chi connectivity index (χ3v) is 2.82. The molecule has 2 rings (SSSR count). The Kier molecular flexibility index (Phi) is 4.01. The number of hydrogen-bond donors (Lipinski definition) is 0. The zero-order valence-electron chi connectivity index (χ0n) is 9.36. The maximum atomic E-state index is 5.62. The van der Waals surface area contributed by atoms with Crippen LogP contribution in [0, 0.1) is 0 Å². The van der Waals surface area contributed by atoms with Crippen LogP contribution in [0.4, 0.5) is 6.01 Å². The van der Waals surface area contributed by atoms with Gasteiger partial charge in [-0.15, -0.1) is 16.7 Å². The minimum absolute atomic E-state index is 0.261. The van der Waals surface area contributed by atoms with Crippen LogP contribution in [-0.2, 0) is 11.2 Å². The number of aromatic nitrogens is 2. The van der Waals surface area contributed by atoms with Crippen molar-refractivity contribution in [3.63, 3.8) is 0 Å². The first-order chi connectivity index (χ1) is 7.83. The van der Waals surface area contributed by atoms with Crippen LogP contribution >= 0.6 is 11.6 Å². The highest BCUT2D eigenvalue weighted by Gasteiger charge is 2.22. The highest BCUT2D eigenvalue weighted by molar-refractivity contribution is 6.17. The molecule has 0 saturated carbocycles. The predicted molar refractivity (Wildman–Crippen MR) is 61.0 cm³/mol. The van der Waals surface area contributed by atoms with E-state index >= 15 is 0 Å². The molecule has 1 atom stereocenters. The first-order valence-electron chi connectivity index (χ1n) is 5.58. The van der Waals surface area contributed by atoms with Crippen molar-refractivity contribution in [2.75, 3.05) is 30.5 Å². The summed E-state index contributed by atoms with van der Waals surface area (Å²) in [6, 6.07) is 0.585. The summed E-state index contributed by atoms with van der Waals surface area (Å²) < 4.78 is 11.1. The minimum Gasteiger partial charge on any atom is -0.408 e. The van der Waals surface area contributed by atoms with Gasteiger partial charge >= 0.3 is 6.01 Å². The normalized spacial score (nSPS) is 21.4. The molecular weight excluding hydrogens is 230 g/mol. The number of morpholine rings is 1. The van der Waals surface area contributed by atoms with E-state index in [9.17, 15) is 0 Å². The van der Waals surface area contributed by atoms with Crippen molar-refractivity contribution < 1.29 is 9.15 Å². The summed E-state index contributed by atoms with van der Waals surface area (Å²) in [5.41, 5.74) is 0. The molecular formula is C10H16ClN3O2. The molecule has 0 bridgehead atoms. The SMILES string of the molecule is CCC1CN(c2nnc(CCCl)o2)CCO1. The second kappa shape index (κ2) is 5.50. The van der Waals surface area contributed by atoms with Crippen LogP contribution in [0.5, 0.6) is 0 Å². The number of rotatable bonds is 4. The van der Waals surface area contributed by atoms with Crippen molar-refractivity contribution in [1.82, 2.24) is 10.2 Å². The van der Waals surface area contributed by atoms with Crippen LogP contribution in [0.2, 0.25) is 0 Å². The van der Waals surface area contributed by atoms with Crippen LogP contribution in [0.25, 0.3) is 0 Å². The fourth-order valence-electron chi connectivity index (χ4n) is 1.69. The van der Waals surface area contributed by atoms with Crippen molar-refractivity contribution in [3.05, 3.63) is 5.89 Å². The molecule has 0 spiro atoms. The Bertz CT molecular complexity index is 332. The lowest BCUT2D eigenvalue weighted by molar-refractivity contribution is 0.0366. The summed E-state index contributed by atoms with van der Waals surface area (Å²) in [5.74, 6) is 1.10. The molecule has 0 aliphatic carbocycles. The molecule has 0 N–H and O–H groups in total. The van der Waals surface area contributed by atoms with Gasteiger partial charge < -0.3 is 14.1 Å². The molecule has 0 amide bonds. The topological polar surface area (TPSA) is 51.4 Å². The monoisotopic (exact) mass is 245 g/mol. The van der Waals surface area contributed by atoms with Crippen molar-refractivity contribution in [2.24, 2.45) is 0 Å². The maximum Gasteiger partial charge on any atom is 0.318 e. The van der Waals surface area contributed by atoms with Crippen LogP contribution in [0.3, 0.4) is 0 Å². The lowest BCUT2D eigenvalue weighted by Crippen LogP contribution is -2.42. The molecule has 1 saturated heterocycles. The average Bonchev–Trinajstić information content (AvgIpc) is 2.78. The van der Waals surface area contributed by atoms with Gasteiger partial charge in [-0.1, -0.05) is 12.0 Å². The maximum absolute atomic E-state index is 5.62. The Hall–Kier alpha value is -0.810. The Morgan fingerprint density at radius 2 is 2.38 bits per heavy atom. The van der Waals surface area contributed by atoms with Gasteiger partial charge in [0.25, 0.3) is 0 Å². The molecule has 1 aliphatic rings. The molecule has 2 heterocycles. The van der Waals surface area contributed by atoms with E-state index < -0.39 is 0 Å². The lowest BCUT2D eigenvalue weighted by atomic mass is 10.2. The quantitative estimate of drug-likeness (QED) is 0.752. The summed E-state index contributed by atoms with van der Waals surface area (Å²) in [5, 5.41) is 7.97. The standard InChI is InChI=1S/C10H16ClN3O2/c1-2-8-7-14(5-6-15-8)10-13-12-9(16-10)3-4-11/h8H,2-7H2,1H3. The zero-order chi connectivity index (χ0) is 11.4. The smallest absolute Gasteiger partial charge is 0.318 e. The number of aryl methyl sites for hydroxylation is 1. The molecule has 16 heavy (non-hydrogen) atoms. The van der Waals surface area contributed by atoms with Gasteiger partial charge in [-0.3, -0.25) is 0 Å². The number of halogens is 1. The molecule has 5 nitrogen and oxygen atoms in total. The average molecular weight is 246 g/mol. The van der Waals surface area contributed by atoms with Crippen LogP contribution in [0.15, 0.2) is 4.42 Å². The van der Waals surface area contributed by atoms with Crippen molar-refractivity contribution in [3.8, 4) is 0 Å². The Labute approximate surface area is 99.7 Å². The van der Waals surface area contributed by atoms with Gasteiger partial charge in [-0.2, -0.15) is 0 Å². The van der Waals surface area contributed by atoms with Gasteiger partial charge in [0.05, 0.1) is 12.7 Å². The van der Waals surface area contributed by atoms with Gasteiger partial charge in [-0.25, -0.2) is 0 Å². The Morgan fingerprint density at radius 3 is 3.12 bits per heavy atom. The van der Waals surface area contributed by atoms with Crippen LogP contribution in [-0.4, -0.2) is 41.9 Å². The number of hydrogen-bond acceptors (Lipinski definition) is 5. The van der Waals surface area contributed by atoms with E-state index in [4.69, 9.17) is 20.8 Å². The summed E-state index contributed by atoms with van der Waals surface area (Å²) in [6.45, 7) is 4.45. The molecule has 1 aromatic rings. The lowest BCUT2D eigenvalue weighted by Gasteiger charge is -2.30. The molecule has 1 aromatic heterocycles. The van der Waals surface area contributed by atoms with E-state index in [0.717, 1.165) is 19.5 Å². The number of anilines is 1. The second-order valence-electron chi connectivity index (χ2n) is 3.76. The van der Waals surface area contributed by atoms with E-state index in [2.05, 4.69) is 22.0 Å². The summed E-state index contributed by atoms with van der Waals surface area (Å²) in [7, 11) is 0. The van der Waals surface area contributed by atoms with Crippen molar-refractivity contribution >= 4 is 17.6 Å². The fraction of sp³-hybridized carbons (Fsp3) is 0.800. The molecule has 1 aliphatic heterocycles. The van der Waals surface area contributed by atoms with Crippen LogP contribution < -0.4 is 4.90 Å². The molecule has 0 aromatic carbocycles. The van der Waals surface area contributed by atoms with E-state index in [1.165, 1.54) is 0 Å². The molecule has 1 unspecified atom stereocenters. The second-order valence-corrected chi connectivity index (χ2v) is 4.14. The van der Waals surface area contributed by atoms with Crippen molar-refractivity contribution in [1.29, 1.82) is 0 Å². The highest BCUT2D eigenvalue weighted by Crippen LogP contribution is 2.17. The first-order valence-corrected chi connectivity index (χ1v) is 6.11. The van der Waals surface area contributed by atoms with E-state index in [1.807, 2.05) is 0 Å². The third-order valence-electron chi connectivity index (χ3n) is 2.63. The number of alkyl halides is 1. The van der Waals surface area contributed by atoms with Crippen LogP contribution in [0.1, 0.15) is 19.2 Å². The predicted octanol–water partition coefficient (Wildman–Crippen LogP) is 1.47. The zero-order valence-corrected chi connectivity index (χ0v) is 10.1. The molecule has 6 heteroatoms. The largest absolute Gasteiger partial charge is 0.408 e. The first kappa shape index (κ1) is 11.7. The molecule has 0 radical (unpaired) electrons. The van der Waals surface area contributed by atoms with E-state index in [-0.39, 0.29) is 6.10 Å². The number of nitrogens with zero attached hydrogens (tertiary/aromatic N) is 3. The van der Waals surface area contributed by atoms with Gasteiger partial charge in [0.1, 0.15) is 0 Å². The minimum atomic E-state index is 0.261. The summed E-state index contributed by atoms with van der Waals surface area (Å²) >= 11 is 5.62. The number of ether oxygens (including phenoxy) is 1. The van der Waals surface area contributed by atoms with E-state index in [0.29, 0.717) is 30.8 Å². The van der Waals surface area contributed by atoms with Crippen molar-refractivity contribution in [2.45, 2.75) is 25.9 Å². The molecule has 90 valence electrons. The molecule has 1 fully saturated rings. The van der Waals surface area contributed by atoms with Gasteiger partial charge in [0, 0.05) is 25.4 Å². The van der Waals surface area contributed by atoms with E-state index in [1.54, 1.807) is 0 Å². The van der Waals surface area contributed by atoms with Gasteiger partial charge in [0.15, 0.2) is 0 Å². The van der Waals surface area contributed by atoms with Gasteiger partial charge in [-0.05, 0) is 6.42 Å². The Morgan fingerprint density at radius 1 is 1.50 bits per heavy atom. The summed E-state index contributed by atoms with van der Waals surface area (Å²) in [6.07, 6.45) is 1.88. The third kappa shape index (κ3) is 2.65. The summed E-state index contributed by atoms with van der Waals surface area (Å²) in [4.78, 5) is 2.07. The van der Waals surface area contributed by atoms with Gasteiger partial charge in [0.2, 0.25) is 5.89 Å².